The fourth-order valence-electron chi connectivity index (χ4n) is 3.37. The van der Waals surface area contributed by atoms with E-state index in [0.29, 0.717) is 13.1 Å². The first-order valence-electron chi connectivity index (χ1n) is 7.41. The van der Waals surface area contributed by atoms with Gasteiger partial charge in [-0.05, 0) is 23.1 Å². The molecular formula is C17H22FNO3. The first kappa shape index (κ1) is 16.6. The third-order valence-corrected chi connectivity index (χ3v) is 4.26. The SMILES string of the molecule is CC(C)(C)[C@H](C(=O)O)N1C[C@H](c2cccc(F)c2)[C@@H](C=O)C1. The number of carboxylic acid groups (broad SMARTS) is 1. The van der Waals surface area contributed by atoms with Crippen LogP contribution in [0.1, 0.15) is 32.3 Å². The predicted octanol–water partition coefficient (Wildman–Crippen LogP) is 2.54. The van der Waals surface area contributed by atoms with Gasteiger partial charge in [-0.3, -0.25) is 9.69 Å². The maximum Gasteiger partial charge on any atom is 0.321 e. The Morgan fingerprint density at radius 2 is 2.09 bits per heavy atom. The summed E-state index contributed by atoms with van der Waals surface area (Å²) in [4.78, 5) is 24.9. The molecule has 0 amide bonds. The van der Waals surface area contributed by atoms with Crippen LogP contribution in [0, 0.1) is 17.2 Å². The molecule has 1 aliphatic rings. The lowest BCUT2D eigenvalue weighted by molar-refractivity contribution is -0.147. The van der Waals surface area contributed by atoms with Crippen molar-refractivity contribution in [2.45, 2.75) is 32.7 Å². The Balaban J connectivity index is 2.29. The molecule has 0 saturated carbocycles. The second kappa shape index (κ2) is 6.16. The standard InChI is InChI=1S/C17H22FNO3/c1-17(2,3)15(16(21)22)19-8-12(10-20)14(9-19)11-5-4-6-13(18)7-11/h4-7,10,12,14-15H,8-9H2,1-3H3,(H,21,22)/t12-,14-,15+/m1/s1. The van der Waals surface area contributed by atoms with Gasteiger partial charge in [0.25, 0.3) is 0 Å². The molecule has 3 atom stereocenters. The summed E-state index contributed by atoms with van der Waals surface area (Å²) in [6, 6.07) is 5.53. The molecule has 1 heterocycles. The number of benzene rings is 1. The Kier molecular flexibility index (Phi) is 4.66. The molecule has 1 aliphatic heterocycles. The van der Waals surface area contributed by atoms with E-state index < -0.39 is 17.4 Å². The van der Waals surface area contributed by atoms with E-state index in [1.165, 1.54) is 12.1 Å². The van der Waals surface area contributed by atoms with E-state index in [1.807, 2.05) is 25.7 Å². The molecule has 0 aliphatic carbocycles. The monoisotopic (exact) mass is 307 g/mol. The van der Waals surface area contributed by atoms with Crippen LogP contribution in [0.15, 0.2) is 24.3 Å². The molecule has 22 heavy (non-hydrogen) atoms. The van der Waals surface area contributed by atoms with Crippen LogP contribution in [0.25, 0.3) is 0 Å². The van der Waals surface area contributed by atoms with Crippen LogP contribution >= 0.6 is 0 Å². The zero-order valence-electron chi connectivity index (χ0n) is 13.1. The zero-order chi connectivity index (χ0) is 16.5. The lowest BCUT2D eigenvalue weighted by atomic mass is 9.85. The predicted molar refractivity (Wildman–Crippen MR) is 81.1 cm³/mol. The molecule has 0 radical (unpaired) electrons. The Hall–Kier alpha value is -1.75. The molecule has 0 unspecified atom stereocenters. The number of halogens is 1. The molecular weight excluding hydrogens is 285 g/mol. The smallest absolute Gasteiger partial charge is 0.321 e. The van der Waals surface area contributed by atoms with E-state index in [2.05, 4.69) is 0 Å². The summed E-state index contributed by atoms with van der Waals surface area (Å²) in [6.45, 7) is 6.45. The van der Waals surface area contributed by atoms with Gasteiger partial charge in [0.05, 0.1) is 0 Å². The number of aldehydes is 1. The Morgan fingerprint density at radius 3 is 2.59 bits per heavy atom. The zero-order valence-corrected chi connectivity index (χ0v) is 13.1. The topological polar surface area (TPSA) is 57.6 Å². The Labute approximate surface area is 129 Å². The van der Waals surface area contributed by atoms with Crippen LogP contribution in [0.4, 0.5) is 4.39 Å². The van der Waals surface area contributed by atoms with Gasteiger partial charge in [-0.25, -0.2) is 4.39 Å². The summed E-state index contributed by atoms with van der Waals surface area (Å²) >= 11 is 0. The summed E-state index contributed by atoms with van der Waals surface area (Å²) in [7, 11) is 0. The van der Waals surface area contributed by atoms with E-state index in [0.717, 1.165) is 11.8 Å². The van der Waals surface area contributed by atoms with Gasteiger partial charge in [-0.2, -0.15) is 0 Å². The molecule has 1 saturated heterocycles. The number of rotatable bonds is 4. The molecule has 4 nitrogen and oxygen atoms in total. The molecule has 1 aromatic rings. The van der Waals surface area contributed by atoms with Gasteiger partial charge in [-0.15, -0.1) is 0 Å². The van der Waals surface area contributed by atoms with Crippen LogP contribution in [-0.4, -0.2) is 41.4 Å². The highest BCUT2D eigenvalue weighted by Crippen LogP contribution is 2.36. The minimum atomic E-state index is -0.892. The van der Waals surface area contributed by atoms with Crippen LogP contribution in [0.5, 0.6) is 0 Å². The molecule has 0 bridgehead atoms. The number of nitrogens with zero attached hydrogens (tertiary/aromatic N) is 1. The van der Waals surface area contributed by atoms with Crippen molar-refractivity contribution in [2.75, 3.05) is 13.1 Å². The van der Waals surface area contributed by atoms with Gasteiger partial charge in [0.2, 0.25) is 0 Å². The molecule has 1 aromatic carbocycles. The normalized spacial score (nSPS) is 24.2. The van der Waals surface area contributed by atoms with Crippen LogP contribution < -0.4 is 0 Å². The van der Waals surface area contributed by atoms with Crippen LogP contribution in [0.2, 0.25) is 0 Å². The van der Waals surface area contributed by atoms with Crippen molar-refractivity contribution in [1.82, 2.24) is 4.90 Å². The molecule has 0 aromatic heterocycles. The van der Waals surface area contributed by atoms with Crippen molar-refractivity contribution in [3.8, 4) is 0 Å². The molecule has 0 spiro atoms. The van der Waals surface area contributed by atoms with Crippen molar-refractivity contribution in [2.24, 2.45) is 11.3 Å². The number of aliphatic carboxylic acids is 1. The first-order chi connectivity index (χ1) is 10.2. The highest BCUT2D eigenvalue weighted by Gasteiger charge is 2.43. The largest absolute Gasteiger partial charge is 0.480 e. The summed E-state index contributed by atoms with van der Waals surface area (Å²) in [5.74, 6) is -1.72. The Morgan fingerprint density at radius 1 is 1.41 bits per heavy atom. The molecule has 120 valence electrons. The number of carbonyl (C=O) groups excluding carboxylic acids is 1. The van der Waals surface area contributed by atoms with Crippen LogP contribution in [0.3, 0.4) is 0 Å². The van der Waals surface area contributed by atoms with E-state index in [9.17, 15) is 19.1 Å². The number of carboxylic acids is 1. The summed E-state index contributed by atoms with van der Waals surface area (Å²) < 4.78 is 13.4. The van der Waals surface area contributed by atoms with E-state index in [4.69, 9.17) is 0 Å². The highest BCUT2D eigenvalue weighted by molar-refractivity contribution is 5.75. The third kappa shape index (κ3) is 3.35. The maximum atomic E-state index is 13.4. The number of hydrogen-bond donors (Lipinski definition) is 1. The average Bonchev–Trinajstić information content (AvgIpc) is 2.80. The van der Waals surface area contributed by atoms with E-state index in [-0.39, 0.29) is 17.7 Å². The highest BCUT2D eigenvalue weighted by atomic mass is 19.1. The second-order valence-electron chi connectivity index (χ2n) is 7.02. The average molecular weight is 307 g/mol. The summed E-state index contributed by atoms with van der Waals surface area (Å²) in [5.41, 5.74) is 0.300. The quantitative estimate of drug-likeness (QED) is 0.869. The number of likely N-dealkylation sites (tertiary alicyclic amines) is 1. The van der Waals surface area contributed by atoms with Gasteiger partial charge in [0.15, 0.2) is 0 Å². The number of carbonyl (C=O) groups is 2. The molecule has 2 rings (SSSR count). The van der Waals surface area contributed by atoms with Crippen LogP contribution in [-0.2, 0) is 9.59 Å². The van der Waals surface area contributed by atoms with Gasteiger partial charge in [0, 0.05) is 24.9 Å². The van der Waals surface area contributed by atoms with Gasteiger partial charge in [-0.1, -0.05) is 32.9 Å². The van der Waals surface area contributed by atoms with E-state index >= 15 is 0 Å². The minimum Gasteiger partial charge on any atom is -0.480 e. The van der Waals surface area contributed by atoms with Crippen molar-refractivity contribution >= 4 is 12.3 Å². The summed E-state index contributed by atoms with van der Waals surface area (Å²) in [6.07, 6.45) is 0.858. The van der Waals surface area contributed by atoms with Gasteiger partial charge < -0.3 is 9.90 Å². The maximum absolute atomic E-state index is 13.4. The Bertz CT molecular complexity index is 567. The van der Waals surface area contributed by atoms with Crippen molar-refractivity contribution < 1.29 is 19.1 Å². The van der Waals surface area contributed by atoms with Crippen molar-refractivity contribution in [3.63, 3.8) is 0 Å². The fraction of sp³-hybridized carbons (Fsp3) is 0.529. The second-order valence-corrected chi connectivity index (χ2v) is 7.02. The third-order valence-electron chi connectivity index (χ3n) is 4.26. The van der Waals surface area contributed by atoms with Crippen molar-refractivity contribution in [1.29, 1.82) is 0 Å². The lowest BCUT2D eigenvalue weighted by Crippen LogP contribution is -2.48. The van der Waals surface area contributed by atoms with Crippen molar-refractivity contribution in [3.05, 3.63) is 35.6 Å². The van der Waals surface area contributed by atoms with Gasteiger partial charge in [0.1, 0.15) is 18.1 Å². The minimum absolute atomic E-state index is 0.169. The molecule has 5 heteroatoms. The lowest BCUT2D eigenvalue weighted by Gasteiger charge is -2.34. The number of hydrogen-bond acceptors (Lipinski definition) is 3. The fourth-order valence-corrected chi connectivity index (χ4v) is 3.37. The molecule has 1 N–H and O–H groups in total. The summed E-state index contributed by atoms with van der Waals surface area (Å²) in [5, 5.41) is 9.54. The first-order valence-corrected chi connectivity index (χ1v) is 7.41. The molecule has 1 fully saturated rings. The van der Waals surface area contributed by atoms with E-state index in [1.54, 1.807) is 12.1 Å². The van der Waals surface area contributed by atoms with Gasteiger partial charge >= 0.3 is 5.97 Å².